The number of hydrogen-bond acceptors (Lipinski definition) is 3. The van der Waals surface area contributed by atoms with E-state index in [-0.39, 0.29) is 0 Å². The normalized spacial score (nSPS) is 12.1. The molecule has 31 heavy (non-hydrogen) atoms. The lowest BCUT2D eigenvalue weighted by Crippen LogP contribution is -2.04. The van der Waals surface area contributed by atoms with Gasteiger partial charge in [-0.15, -0.1) is 14.8 Å². The average Bonchev–Trinajstić information content (AvgIpc) is 3.39. The summed E-state index contributed by atoms with van der Waals surface area (Å²) in [6, 6.07) is 35.1. The highest BCUT2D eigenvalue weighted by atomic mass is 15.5. The second kappa shape index (κ2) is 7.18. The van der Waals surface area contributed by atoms with Gasteiger partial charge in [0, 0.05) is 16.3 Å². The van der Waals surface area contributed by atoms with Crippen LogP contribution in [0.3, 0.4) is 0 Å². The third kappa shape index (κ3) is 3.15. The number of aromatic nitrogens is 4. The molecule has 146 valence electrons. The number of fused-ring (bicyclic) bond motifs is 2. The fourth-order valence-corrected chi connectivity index (χ4v) is 3.90. The second-order valence-electron chi connectivity index (χ2n) is 7.49. The monoisotopic (exact) mass is 398 g/mol. The Morgan fingerprint density at radius 2 is 1.32 bits per heavy atom. The molecule has 0 bridgehead atoms. The maximum atomic E-state index is 4.85. The zero-order valence-electron chi connectivity index (χ0n) is 16.7. The summed E-state index contributed by atoms with van der Waals surface area (Å²) < 4.78 is 1.65. The van der Waals surface area contributed by atoms with E-state index in [0.717, 1.165) is 33.3 Å². The van der Waals surface area contributed by atoms with E-state index in [1.165, 1.54) is 10.8 Å². The Hall–Kier alpha value is -4.31. The summed E-state index contributed by atoms with van der Waals surface area (Å²) in [5.41, 5.74) is 4.76. The molecule has 2 heterocycles. The van der Waals surface area contributed by atoms with E-state index < -0.39 is 0 Å². The fourth-order valence-electron chi connectivity index (χ4n) is 3.90. The van der Waals surface area contributed by atoms with E-state index in [1.807, 2.05) is 48.5 Å². The van der Waals surface area contributed by atoms with E-state index >= 15 is 0 Å². The van der Waals surface area contributed by atoms with Crippen molar-refractivity contribution in [1.82, 2.24) is 19.8 Å². The van der Waals surface area contributed by atoms with E-state index in [0.29, 0.717) is 5.82 Å². The molecule has 0 spiro atoms. The van der Waals surface area contributed by atoms with Crippen molar-refractivity contribution >= 4 is 22.5 Å². The number of rotatable bonds is 3. The molecule has 0 saturated carbocycles. The maximum Gasteiger partial charge on any atom is 0.186 e. The third-order valence-electron chi connectivity index (χ3n) is 5.45. The first-order valence-corrected chi connectivity index (χ1v) is 10.2. The van der Waals surface area contributed by atoms with Crippen molar-refractivity contribution in [1.29, 1.82) is 0 Å². The molecule has 4 aromatic carbocycles. The molecule has 6 aromatic rings. The molecule has 4 heteroatoms. The van der Waals surface area contributed by atoms with Crippen LogP contribution in [0.1, 0.15) is 5.56 Å². The summed E-state index contributed by atoms with van der Waals surface area (Å²) in [4.78, 5) is 4.85. The van der Waals surface area contributed by atoms with E-state index in [1.54, 1.807) is 4.63 Å². The third-order valence-corrected chi connectivity index (χ3v) is 5.45. The minimum Gasteiger partial charge on any atom is -0.204 e. The Kier molecular flexibility index (Phi) is 4.06. The fraction of sp³-hybridized carbons (Fsp3) is 0. The molecule has 0 aliphatic rings. The Morgan fingerprint density at radius 1 is 0.613 bits per heavy atom. The van der Waals surface area contributed by atoms with Crippen LogP contribution >= 0.6 is 0 Å². The van der Waals surface area contributed by atoms with Gasteiger partial charge in [-0.2, -0.15) is 0 Å². The number of hydrogen-bond donors (Lipinski definition) is 0. The van der Waals surface area contributed by atoms with Crippen LogP contribution in [-0.4, -0.2) is 19.8 Å². The first-order chi connectivity index (χ1) is 15.3. The van der Waals surface area contributed by atoms with Crippen molar-refractivity contribution in [2.75, 3.05) is 0 Å². The standard InChI is InChI=1S/C27H18N4/c1-3-9-19(10-4-1)17-24-25(23-16-15-20-11-7-8-14-22(20)18-23)29-31-27(24)28-26(30-31)21-12-5-2-6-13-21/h1-18H/b24-17-. The Balaban J connectivity index is 1.60. The summed E-state index contributed by atoms with van der Waals surface area (Å²) in [5, 5.41) is 12.9. The van der Waals surface area contributed by atoms with Crippen LogP contribution in [0.15, 0.2) is 103 Å². The molecule has 0 unspecified atom stereocenters. The Morgan fingerprint density at radius 3 is 2.13 bits per heavy atom. The molecule has 0 N–H and O–H groups in total. The first kappa shape index (κ1) is 17.5. The SMILES string of the molecule is C(/c1ccccc1)=c1\c(-c2ccc3ccccc3c2)nn2nc(-c3ccccc3)nc12. The molecule has 0 saturated heterocycles. The lowest BCUT2D eigenvalue weighted by Gasteiger charge is -2.01. The van der Waals surface area contributed by atoms with E-state index in [9.17, 15) is 0 Å². The van der Waals surface area contributed by atoms with Gasteiger partial charge >= 0.3 is 0 Å². The molecule has 2 aromatic heterocycles. The molecule has 0 atom stereocenters. The number of benzene rings is 4. The van der Waals surface area contributed by atoms with Gasteiger partial charge in [0.05, 0.1) is 0 Å². The molecular formula is C27H18N4. The quantitative estimate of drug-likeness (QED) is 0.414. The van der Waals surface area contributed by atoms with Gasteiger partial charge in [0.2, 0.25) is 0 Å². The summed E-state index contributed by atoms with van der Waals surface area (Å²) >= 11 is 0. The van der Waals surface area contributed by atoms with Crippen molar-refractivity contribution in [3.63, 3.8) is 0 Å². The van der Waals surface area contributed by atoms with Crippen LogP contribution in [-0.2, 0) is 0 Å². The highest BCUT2D eigenvalue weighted by Gasteiger charge is 2.15. The summed E-state index contributed by atoms with van der Waals surface area (Å²) in [6.07, 6.45) is 2.14. The van der Waals surface area contributed by atoms with Gasteiger partial charge in [0.15, 0.2) is 11.5 Å². The topological polar surface area (TPSA) is 43.1 Å². The van der Waals surface area contributed by atoms with Gasteiger partial charge in [-0.3, -0.25) is 0 Å². The molecule has 0 aliphatic heterocycles. The minimum absolute atomic E-state index is 0.677. The Bertz CT molecular complexity index is 1570. The van der Waals surface area contributed by atoms with Gasteiger partial charge in [-0.1, -0.05) is 97.1 Å². The van der Waals surface area contributed by atoms with Gasteiger partial charge in [-0.25, -0.2) is 4.98 Å². The van der Waals surface area contributed by atoms with Crippen LogP contribution in [0.2, 0.25) is 0 Å². The van der Waals surface area contributed by atoms with Gasteiger partial charge in [0.25, 0.3) is 0 Å². The van der Waals surface area contributed by atoms with Crippen LogP contribution in [0.5, 0.6) is 0 Å². The Labute approximate surface area is 179 Å². The summed E-state index contributed by atoms with van der Waals surface area (Å²) in [5.74, 6) is 0.677. The molecule has 6 rings (SSSR count). The van der Waals surface area contributed by atoms with Crippen LogP contribution in [0, 0.1) is 0 Å². The minimum atomic E-state index is 0.677. The largest absolute Gasteiger partial charge is 0.204 e. The smallest absolute Gasteiger partial charge is 0.186 e. The average molecular weight is 398 g/mol. The molecule has 0 amide bonds. The maximum absolute atomic E-state index is 4.85. The lowest BCUT2D eigenvalue weighted by molar-refractivity contribution is 0.828. The molecule has 0 fully saturated rings. The van der Waals surface area contributed by atoms with Crippen LogP contribution < -0.4 is 5.22 Å². The predicted octanol–water partition coefficient (Wildman–Crippen LogP) is 5.16. The molecular weight excluding hydrogens is 380 g/mol. The van der Waals surface area contributed by atoms with Gasteiger partial charge in [-0.05, 0) is 28.5 Å². The molecule has 4 nitrogen and oxygen atoms in total. The van der Waals surface area contributed by atoms with E-state index in [4.69, 9.17) is 10.1 Å². The summed E-state index contributed by atoms with van der Waals surface area (Å²) in [7, 11) is 0. The van der Waals surface area contributed by atoms with Crippen molar-refractivity contribution < 1.29 is 0 Å². The first-order valence-electron chi connectivity index (χ1n) is 10.2. The van der Waals surface area contributed by atoms with Gasteiger partial charge in [0.1, 0.15) is 5.69 Å². The van der Waals surface area contributed by atoms with Crippen molar-refractivity contribution in [2.24, 2.45) is 0 Å². The van der Waals surface area contributed by atoms with Crippen LogP contribution in [0.4, 0.5) is 0 Å². The van der Waals surface area contributed by atoms with Crippen molar-refractivity contribution in [3.05, 3.63) is 114 Å². The van der Waals surface area contributed by atoms with Crippen LogP contribution in [0.25, 0.3) is 45.1 Å². The van der Waals surface area contributed by atoms with E-state index in [2.05, 4.69) is 65.8 Å². The highest BCUT2D eigenvalue weighted by molar-refractivity contribution is 5.87. The second-order valence-corrected chi connectivity index (χ2v) is 7.49. The molecule has 0 radical (unpaired) electrons. The molecule has 0 aliphatic carbocycles. The predicted molar refractivity (Wildman–Crippen MR) is 124 cm³/mol. The zero-order chi connectivity index (χ0) is 20.6. The van der Waals surface area contributed by atoms with Crippen molar-refractivity contribution in [3.8, 4) is 22.6 Å². The number of nitrogens with zero attached hydrogens (tertiary/aromatic N) is 4. The zero-order valence-corrected chi connectivity index (χ0v) is 16.7. The summed E-state index contributed by atoms with van der Waals surface area (Å²) in [6.45, 7) is 0. The van der Waals surface area contributed by atoms with Crippen molar-refractivity contribution in [2.45, 2.75) is 0 Å². The van der Waals surface area contributed by atoms with Gasteiger partial charge < -0.3 is 0 Å². The highest BCUT2D eigenvalue weighted by Crippen LogP contribution is 2.23. The lowest BCUT2D eigenvalue weighted by atomic mass is 10.0.